The number of carbonyl (C=O) groups excluding carboxylic acids is 2. The quantitative estimate of drug-likeness (QED) is 0.520. The molecule has 0 N–H and O–H groups in total. The van der Waals surface area contributed by atoms with Crippen molar-refractivity contribution in [1.29, 1.82) is 0 Å². The molecule has 0 saturated heterocycles. The average Bonchev–Trinajstić information content (AvgIpc) is 2.08. The Bertz CT molecular complexity index is 524. The zero-order valence-corrected chi connectivity index (χ0v) is 7.65. The number of hydrogen-bond acceptors (Lipinski definition) is 4. The summed E-state index contributed by atoms with van der Waals surface area (Å²) in [6, 6.07) is 0. The molecule has 7 heteroatoms. The number of fused-ring (bicyclic) bond motifs is 1. The van der Waals surface area contributed by atoms with Crippen LogP contribution < -0.4 is 11.0 Å². The van der Waals surface area contributed by atoms with Gasteiger partial charge in [0.1, 0.15) is 4.60 Å². The van der Waals surface area contributed by atoms with Crippen LogP contribution in [0.3, 0.4) is 0 Å². The minimum atomic E-state index is -0.917. The summed E-state index contributed by atoms with van der Waals surface area (Å²) in [4.78, 5) is 35.9. The van der Waals surface area contributed by atoms with E-state index >= 15 is 0 Å². The second-order valence-electron chi connectivity index (χ2n) is 2.17. The topological polar surface area (TPSA) is 84.6 Å². The van der Waals surface area contributed by atoms with E-state index in [1.165, 1.54) is 6.20 Å². The molecular formula is C6HBrN4O2. The van der Waals surface area contributed by atoms with Crippen LogP contribution in [0.2, 0.25) is 0 Å². The first-order valence-corrected chi connectivity index (χ1v) is 4.00. The van der Waals surface area contributed by atoms with Gasteiger partial charge in [0.25, 0.3) is 0 Å². The standard InChI is InChI=1S/C6HBrN4O2/c7-2-1-8-3-4(9-2)11-6(13)5(12)10-3/h1H. The fraction of sp³-hybridized carbons (Fsp3) is 0. The van der Waals surface area contributed by atoms with Crippen LogP contribution in [0, 0.1) is 0 Å². The van der Waals surface area contributed by atoms with Crippen molar-refractivity contribution < 1.29 is 9.59 Å². The van der Waals surface area contributed by atoms with Crippen LogP contribution in [0.4, 0.5) is 0 Å². The van der Waals surface area contributed by atoms with E-state index in [1.807, 2.05) is 0 Å². The molecular weight excluding hydrogens is 240 g/mol. The van der Waals surface area contributed by atoms with Crippen LogP contribution in [-0.4, -0.2) is 21.8 Å². The van der Waals surface area contributed by atoms with Gasteiger partial charge in [-0.25, -0.2) is 9.97 Å². The lowest BCUT2D eigenvalue weighted by Gasteiger charge is -1.94. The first-order valence-electron chi connectivity index (χ1n) is 3.21. The third-order valence-corrected chi connectivity index (χ3v) is 1.69. The van der Waals surface area contributed by atoms with Crippen molar-refractivity contribution in [3.8, 4) is 0 Å². The third-order valence-electron chi connectivity index (χ3n) is 1.30. The van der Waals surface area contributed by atoms with Crippen molar-refractivity contribution in [1.82, 2.24) is 9.97 Å². The number of rotatable bonds is 0. The molecule has 1 aliphatic heterocycles. The van der Waals surface area contributed by atoms with Gasteiger partial charge in [0, 0.05) is 0 Å². The summed E-state index contributed by atoms with van der Waals surface area (Å²) < 4.78 is 0.437. The molecule has 0 atom stereocenters. The highest BCUT2D eigenvalue weighted by atomic mass is 79.9. The van der Waals surface area contributed by atoms with Gasteiger partial charge in [0.05, 0.1) is 6.20 Å². The van der Waals surface area contributed by atoms with Gasteiger partial charge in [-0.2, -0.15) is 9.98 Å². The van der Waals surface area contributed by atoms with Crippen molar-refractivity contribution in [3.63, 3.8) is 0 Å². The Morgan fingerprint density at radius 2 is 1.69 bits per heavy atom. The largest absolute Gasteiger partial charge is 0.339 e. The predicted octanol–water partition coefficient (Wildman–Crippen LogP) is -1.45. The second kappa shape index (κ2) is 2.77. The zero-order valence-electron chi connectivity index (χ0n) is 6.06. The van der Waals surface area contributed by atoms with Gasteiger partial charge in [-0.05, 0) is 15.9 Å². The highest BCUT2D eigenvalue weighted by Crippen LogP contribution is 1.96. The van der Waals surface area contributed by atoms with Crippen molar-refractivity contribution in [3.05, 3.63) is 21.8 Å². The number of halogens is 1. The fourth-order valence-electron chi connectivity index (χ4n) is 0.794. The molecule has 2 rings (SSSR count). The molecule has 0 saturated carbocycles. The van der Waals surface area contributed by atoms with Gasteiger partial charge in [-0.15, -0.1) is 0 Å². The highest BCUT2D eigenvalue weighted by Gasteiger charge is 2.16. The molecule has 0 unspecified atom stereocenters. The van der Waals surface area contributed by atoms with E-state index in [0.29, 0.717) is 4.60 Å². The molecule has 1 aliphatic rings. The van der Waals surface area contributed by atoms with Crippen LogP contribution >= 0.6 is 15.9 Å². The molecule has 6 nitrogen and oxygen atoms in total. The zero-order chi connectivity index (χ0) is 9.42. The van der Waals surface area contributed by atoms with Gasteiger partial charge >= 0.3 is 11.8 Å². The monoisotopic (exact) mass is 240 g/mol. The van der Waals surface area contributed by atoms with Gasteiger partial charge in [-0.1, -0.05) is 0 Å². The summed E-state index contributed by atoms with van der Waals surface area (Å²) >= 11 is 3.05. The lowest BCUT2D eigenvalue weighted by Crippen LogP contribution is -2.39. The molecule has 2 heterocycles. The molecule has 2 amide bonds. The highest BCUT2D eigenvalue weighted by molar-refractivity contribution is 9.10. The Morgan fingerprint density at radius 3 is 2.38 bits per heavy atom. The van der Waals surface area contributed by atoms with E-state index in [0.717, 1.165) is 0 Å². The Morgan fingerprint density at radius 1 is 1.08 bits per heavy atom. The van der Waals surface area contributed by atoms with Crippen LogP contribution in [0.25, 0.3) is 0 Å². The molecule has 0 fully saturated rings. The maximum atomic E-state index is 10.8. The van der Waals surface area contributed by atoms with Crippen LogP contribution in [0.15, 0.2) is 20.8 Å². The van der Waals surface area contributed by atoms with Gasteiger partial charge in [0.15, 0.2) is 0 Å². The molecule has 0 radical (unpaired) electrons. The van der Waals surface area contributed by atoms with E-state index in [9.17, 15) is 9.59 Å². The Labute approximate surface area is 79.6 Å². The lowest BCUT2D eigenvalue weighted by molar-refractivity contribution is -0.135. The Balaban J connectivity index is 2.85. The summed E-state index contributed by atoms with van der Waals surface area (Å²) in [6.07, 6.45) is 1.38. The number of aromatic nitrogens is 2. The van der Waals surface area contributed by atoms with Crippen molar-refractivity contribution in [2.45, 2.75) is 0 Å². The SMILES string of the molecule is O=C1N=c2ncc(Br)nc2=NC1=O. The number of hydrogen-bond donors (Lipinski definition) is 0. The van der Waals surface area contributed by atoms with Gasteiger partial charge in [0.2, 0.25) is 11.0 Å². The maximum Gasteiger partial charge on any atom is 0.339 e. The third kappa shape index (κ3) is 1.37. The van der Waals surface area contributed by atoms with E-state index in [2.05, 4.69) is 35.9 Å². The van der Waals surface area contributed by atoms with Gasteiger partial charge < -0.3 is 0 Å². The Kier molecular flexibility index (Phi) is 1.73. The van der Waals surface area contributed by atoms with Crippen LogP contribution in [0.1, 0.15) is 0 Å². The van der Waals surface area contributed by atoms with Gasteiger partial charge in [-0.3, -0.25) is 9.59 Å². The fourth-order valence-corrected chi connectivity index (χ4v) is 1.06. The molecule has 64 valence electrons. The summed E-state index contributed by atoms with van der Waals surface area (Å²) in [5, 5.41) is 0. The summed E-state index contributed by atoms with van der Waals surface area (Å²) in [6.45, 7) is 0. The number of nitrogens with zero attached hydrogens (tertiary/aromatic N) is 4. The van der Waals surface area contributed by atoms with E-state index in [-0.39, 0.29) is 11.0 Å². The maximum absolute atomic E-state index is 10.8. The number of carbonyl (C=O) groups is 2. The van der Waals surface area contributed by atoms with Crippen molar-refractivity contribution in [2.75, 3.05) is 0 Å². The summed E-state index contributed by atoms with van der Waals surface area (Å²) in [5.74, 6) is -1.83. The first kappa shape index (κ1) is 8.11. The van der Waals surface area contributed by atoms with E-state index in [4.69, 9.17) is 0 Å². The lowest BCUT2D eigenvalue weighted by atomic mass is 10.5. The molecule has 13 heavy (non-hydrogen) atoms. The van der Waals surface area contributed by atoms with Crippen LogP contribution in [-0.2, 0) is 9.59 Å². The smallest absolute Gasteiger partial charge is 0.261 e. The molecule has 1 aromatic rings. The summed E-state index contributed by atoms with van der Waals surface area (Å²) in [5.41, 5.74) is 0.145. The average molecular weight is 241 g/mol. The molecule has 0 aliphatic carbocycles. The van der Waals surface area contributed by atoms with E-state index in [1.54, 1.807) is 0 Å². The predicted molar refractivity (Wildman–Crippen MR) is 42.1 cm³/mol. The van der Waals surface area contributed by atoms with Crippen LogP contribution in [0.5, 0.6) is 0 Å². The van der Waals surface area contributed by atoms with Crippen molar-refractivity contribution in [2.24, 2.45) is 9.98 Å². The van der Waals surface area contributed by atoms with Crippen molar-refractivity contribution >= 4 is 27.7 Å². The number of amides is 2. The minimum absolute atomic E-state index is 0.0685. The first-order chi connectivity index (χ1) is 6.16. The summed E-state index contributed by atoms with van der Waals surface area (Å²) in [7, 11) is 0. The molecule has 0 spiro atoms. The molecule has 1 aromatic heterocycles. The van der Waals surface area contributed by atoms with E-state index < -0.39 is 11.8 Å². The molecule has 0 bridgehead atoms. The molecule has 0 aromatic carbocycles. The second-order valence-corrected chi connectivity index (χ2v) is 2.99. The Hall–Kier alpha value is -1.50. The normalized spacial score (nSPS) is 14.5. The minimum Gasteiger partial charge on any atom is -0.261 e.